The van der Waals surface area contributed by atoms with Gasteiger partial charge in [0.2, 0.25) is 0 Å². The van der Waals surface area contributed by atoms with Gasteiger partial charge < -0.3 is 9.84 Å². The molecule has 1 fully saturated rings. The number of hydrogen-bond acceptors (Lipinski definition) is 2. The first-order valence-corrected chi connectivity index (χ1v) is 7.75. The van der Waals surface area contributed by atoms with E-state index >= 15 is 0 Å². The third kappa shape index (κ3) is 4.46. The van der Waals surface area contributed by atoms with Gasteiger partial charge in [0.1, 0.15) is 0 Å². The van der Waals surface area contributed by atoms with Crippen LogP contribution < -0.4 is 0 Å². The maximum atomic E-state index is 10.3. The Morgan fingerprint density at radius 1 is 1.20 bits per heavy atom. The number of aliphatic hydroxyl groups is 1. The van der Waals surface area contributed by atoms with Crippen LogP contribution in [0.15, 0.2) is 43.0 Å². The van der Waals surface area contributed by atoms with Crippen molar-refractivity contribution in [2.45, 2.75) is 57.3 Å². The summed E-state index contributed by atoms with van der Waals surface area (Å²) in [5.74, 6) is 0.488. The van der Waals surface area contributed by atoms with Gasteiger partial charge in [-0.15, -0.1) is 6.58 Å². The van der Waals surface area contributed by atoms with E-state index in [-0.39, 0.29) is 6.10 Å². The second-order valence-corrected chi connectivity index (χ2v) is 5.75. The molecule has 1 saturated carbocycles. The van der Waals surface area contributed by atoms with Crippen LogP contribution in [0.25, 0.3) is 0 Å². The summed E-state index contributed by atoms with van der Waals surface area (Å²) in [6, 6.07) is 10.2. The molecule has 0 bridgehead atoms. The Morgan fingerprint density at radius 3 is 2.55 bits per heavy atom. The zero-order chi connectivity index (χ0) is 14.2. The fourth-order valence-electron chi connectivity index (χ4n) is 3.10. The van der Waals surface area contributed by atoms with E-state index in [1.807, 2.05) is 18.2 Å². The molecule has 20 heavy (non-hydrogen) atoms. The molecule has 2 nitrogen and oxygen atoms in total. The first kappa shape index (κ1) is 15.3. The van der Waals surface area contributed by atoms with Crippen molar-refractivity contribution < 1.29 is 9.84 Å². The van der Waals surface area contributed by atoms with Crippen LogP contribution in [0.5, 0.6) is 0 Å². The molecule has 110 valence electrons. The Hall–Kier alpha value is -1.12. The smallest absolute Gasteiger partial charge is 0.0869 e. The molecule has 2 atom stereocenters. The van der Waals surface area contributed by atoms with Crippen LogP contribution in [-0.2, 0) is 11.3 Å². The van der Waals surface area contributed by atoms with Crippen LogP contribution in [0.1, 0.15) is 44.1 Å². The van der Waals surface area contributed by atoms with Crippen molar-refractivity contribution in [1.82, 2.24) is 0 Å². The molecule has 2 heteroatoms. The van der Waals surface area contributed by atoms with Gasteiger partial charge in [0.25, 0.3) is 0 Å². The van der Waals surface area contributed by atoms with E-state index in [1.54, 1.807) is 6.08 Å². The maximum absolute atomic E-state index is 10.3. The number of aliphatic hydroxyl groups excluding tert-OH is 1. The summed E-state index contributed by atoms with van der Waals surface area (Å²) < 4.78 is 6.08. The molecule has 0 amide bonds. The lowest BCUT2D eigenvalue weighted by molar-refractivity contribution is -0.0824. The van der Waals surface area contributed by atoms with Crippen molar-refractivity contribution in [2.24, 2.45) is 5.92 Å². The van der Waals surface area contributed by atoms with Gasteiger partial charge in [-0.25, -0.2) is 0 Å². The van der Waals surface area contributed by atoms with Crippen LogP contribution >= 0.6 is 0 Å². The van der Waals surface area contributed by atoms with Crippen LogP contribution in [0.2, 0.25) is 0 Å². The zero-order valence-corrected chi connectivity index (χ0v) is 12.2. The standard InChI is InChI=1S/C18H26O2/c1-2-9-17(19)18(16-12-7-4-8-13-16)20-14-15-10-5-3-6-11-15/h2-3,5-6,10-11,16-19H,1,4,7-9,12-14H2/t17-,18+/m0/s1. The van der Waals surface area contributed by atoms with Crippen molar-refractivity contribution in [3.05, 3.63) is 48.6 Å². The van der Waals surface area contributed by atoms with E-state index in [0.717, 1.165) is 0 Å². The molecule has 1 aliphatic carbocycles. The normalized spacial score (nSPS) is 19.4. The topological polar surface area (TPSA) is 29.5 Å². The van der Waals surface area contributed by atoms with Gasteiger partial charge in [-0.05, 0) is 30.7 Å². The summed E-state index contributed by atoms with van der Waals surface area (Å²) >= 11 is 0. The molecular formula is C18H26O2. The number of ether oxygens (including phenoxy) is 1. The molecule has 1 aromatic carbocycles. The number of hydrogen-bond donors (Lipinski definition) is 1. The molecule has 0 heterocycles. The largest absolute Gasteiger partial charge is 0.390 e. The summed E-state index contributed by atoms with van der Waals surface area (Å²) in [4.78, 5) is 0. The molecule has 0 aliphatic heterocycles. The van der Waals surface area contributed by atoms with Gasteiger partial charge in [0.05, 0.1) is 18.8 Å². The summed E-state index contributed by atoms with van der Waals surface area (Å²) in [6.45, 7) is 4.31. The molecular weight excluding hydrogens is 248 g/mol. The Balaban J connectivity index is 1.96. The molecule has 0 saturated heterocycles. The van der Waals surface area contributed by atoms with Crippen molar-refractivity contribution in [2.75, 3.05) is 0 Å². The molecule has 2 rings (SSSR count). The van der Waals surface area contributed by atoms with Gasteiger partial charge in [-0.1, -0.05) is 55.7 Å². The first-order chi connectivity index (χ1) is 9.81. The molecule has 1 N–H and O–H groups in total. The van der Waals surface area contributed by atoms with E-state index in [0.29, 0.717) is 18.9 Å². The average Bonchev–Trinajstić information content (AvgIpc) is 2.50. The van der Waals surface area contributed by atoms with Crippen LogP contribution in [-0.4, -0.2) is 17.3 Å². The predicted octanol–water partition coefficient (Wildman–Crippen LogP) is 4.09. The highest BCUT2D eigenvalue weighted by molar-refractivity contribution is 5.13. The second kappa shape index (κ2) is 8.23. The van der Waals surface area contributed by atoms with Gasteiger partial charge in [0, 0.05) is 0 Å². The molecule has 0 aromatic heterocycles. The van der Waals surface area contributed by atoms with Crippen molar-refractivity contribution in [3.63, 3.8) is 0 Å². The molecule has 0 spiro atoms. The highest BCUT2D eigenvalue weighted by Crippen LogP contribution is 2.30. The monoisotopic (exact) mass is 274 g/mol. The highest BCUT2D eigenvalue weighted by atomic mass is 16.5. The van der Waals surface area contributed by atoms with Crippen LogP contribution in [0.3, 0.4) is 0 Å². The van der Waals surface area contributed by atoms with E-state index in [9.17, 15) is 5.11 Å². The lowest BCUT2D eigenvalue weighted by atomic mass is 9.82. The van der Waals surface area contributed by atoms with Gasteiger partial charge in [-0.2, -0.15) is 0 Å². The Bertz CT molecular complexity index is 382. The minimum atomic E-state index is -0.431. The summed E-state index contributed by atoms with van der Waals surface area (Å²) in [5, 5.41) is 10.3. The lowest BCUT2D eigenvalue weighted by Crippen LogP contribution is -2.37. The van der Waals surface area contributed by atoms with Crippen molar-refractivity contribution in [1.29, 1.82) is 0 Å². The van der Waals surface area contributed by atoms with Gasteiger partial charge in [-0.3, -0.25) is 0 Å². The highest BCUT2D eigenvalue weighted by Gasteiger charge is 2.29. The van der Waals surface area contributed by atoms with Gasteiger partial charge in [0.15, 0.2) is 0 Å². The van der Waals surface area contributed by atoms with E-state index in [4.69, 9.17) is 4.74 Å². The zero-order valence-electron chi connectivity index (χ0n) is 12.2. The summed E-state index contributed by atoms with van der Waals surface area (Å²) in [6.07, 6.45) is 8.09. The molecule has 0 unspecified atom stereocenters. The van der Waals surface area contributed by atoms with Crippen LogP contribution in [0, 0.1) is 5.92 Å². The fraction of sp³-hybridized carbons (Fsp3) is 0.556. The lowest BCUT2D eigenvalue weighted by Gasteiger charge is -2.33. The van der Waals surface area contributed by atoms with E-state index < -0.39 is 6.10 Å². The average molecular weight is 274 g/mol. The van der Waals surface area contributed by atoms with E-state index in [1.165, 1.54) is 37.7 Å². The molecule has 1 aliphatic rings. The van der Waals surface area contributed by atoms with Crippen LogP contribution in [0.4, 0.5) is 0 Å². The third-order valence-corrected chi connectivity index (χ3v) is 4.19. The quantitative estimate of drug-likeness (QED) is 0.759. The minimum absolute atomic E-state index is 0.0616. The van der Waals surface area contributed by atoms with Crippen molar-refractivity contribution in [3.8, 4) is 0 Å². The Morgan fingerprint density at radius 2 is 1.90 bits per heavy atom. The molecule has 0 radical (unpaired) electrons. The first-order valence-electron chi connectivity index (χ1n) is 7.75. The Kier molecular flexibility index (Phi) is 6.28. The van der Waals surface area contributed by atoms with Gasteiger partial charge >= 0.3 is 0 Å². The maximum Gasteiger partial charge on any atom is 0.0869 e. The number of rotatable bonds is 7. The summed E-state index contributed by atoms with van der Waals surface area (Å²) in [5.41, 5.74) is 1.17. The minimum Gasteiger partial charge on any atom is -0.390 e. The second-order valence-electron chi connectivity index (χ2n) is 5.75. The fourth-order valence-corrected chi connectivity index (χ4v) is 3.10. The summed E-state index contributed by atoms with van der Waals surface area (Å²) in [7, 11) is 0. The Labute approximate surface area is 122 Å². The third-order valence-electron chi connectivity index (χ3n) is 4.19. The SMILES string of the molecule is C=CC[C@H](O)[C@H](OCc1ccccc1)C1CCCCC1. The molecule has 1 aromatic rings. The predicted molar refractivity (Wildman–Crippen MR) is 82.4 cm³/mol. The number of benzene rings is 1. The van der Waals surface area contributed by atoms with Crippen molar-refractivity contribution >= 4 is 0 Å². The van der Waals surface area contributed by atoms with E-state index in [2.05, 4.69) is 18.7 Å².